The average molecular weight is 511 g/mol. The number of benzene rings is 1. The Morgan fingerprint density at radius 1 is 1.27 bits per heavy atom. The maximum atomic E-state index is 12.6. The lowest BCUT2D eigenvalue weighted by molar-refractivity contribution is -0.141. The molecule has 0 saturated carbocycles. The molecule has 198 valence electrons. The summed E-state index contributed by atoms with van der Waals surface area (Å²) in [4.78, 5) is 20.5. The summed E-state index contributed by atoms with van der Waals surface area (Å²) < 4.78 is 11.8. The van der Waals surface area contributed by atoms with E-state index in [0.717, 1.165) is 16.9 Å². The van der Waals surface area contributed by atoms with Gasteiger partial charge in [0.15, 0.2) is 17.6 Å². The Morgan fingerprint density at radius 3 is 2.59 bits per heavy atom. The van der Waals surface area contributed by atoms with Gasteiger partial charge in [-0.25, -0.2) is 4.98 Å². The molecule has 2 aromatic rings. The molecule has 4 rings (SSSR count). The molecule has 37 heavy (non-hydrogen) atoms. The van der Waals surface area contributed by atoms with Gasteiger partial charge in [-0.1, -0.05) is 13.0 Å². The monoisotopic (exact) mass is 510 g/mol. The molecule has 10 nitrogen and oxygen atoms in total. The van der Waals surface area contributed by atoms with Crippen LogP contribution in [0.2, 0.25) is 0 Å². The van der Waals surface area contributed by atoms with Gasteiger partial charge in [-0.15, -0.1) is 0 Å². The summed E-state index contributed by atoms with van der Waals surface area (Å²) in [6.07, 6.45) is -0.717. The van der Waals surface area contributed by atoms with E-state index >= 15 is 0 Å². The fourth-order valence-electron chi connectivity index (χ4n) is 5.09. The number of aryl methyl sites for hydroxylation is 1. The molecule has 2 fully saturated rings. The van der Waals surface area contributed by atoms with Crippen molar-refractivity contribution in [1.29, 1.82) is 5.26 Å². The van der Waals surface area contributed by atoms with Gasteiger partial charge < -0.3 is 34.6 Å². The number of amides is 1. The zero-order valence-electron chi connectivity index (χ0n) is 21.6. The number of likely N-dealkylation sites (tertiary alicyclic amines) is 1. The Morgan fingerprint density at radius 2 is 2.00 bits per heavy atom. The Balaban J connectivity index is 1.52. The van der Waals surface area contributed by atoms with E-state index in [-0.39, 0.29) is 18.6 Å². The second-order valence-corrected chi connectivity index (χ2v) is 10.2. The largest absolute Gasteiger partial charge is 0.493 e. The minimum Gasteiger partial charge on any atom is -0.493 e. The summed E-state index contributed by atoms with van der Waals surface area (Å²) in [5.74, 6) is 1.17. The van der Waals surface area contributed by atoms with E-state index in [0.29, 0.717) is 36.7 Å². The van der Waals surface area contributed by atoms with Crippen LogP contribution in [0.25, 0.3) is 0 Å². The van der Waals surface area contributed by atoms with E-state index in [1.165, 1.54) is 4.90 Å². The highest BCUT2D eigenvalue weighted by molar-refractivity contribution is 5.81. The number of aliphatic hydroxyl groups excluding tert-OH is 3. The highest BCUT2D eigenvalue weighted by atomic mass is 16.5. The summed E-state index contributed by atoms with van der Waals surface area (Å²) in [6, 6.07) is 9.65. The van der Waals surface area contributed by atoms with Gasteiger partial charge in [-0.05, 0) is 43.2 Å². The number of nitrogens with zero attached hydrogens (tertiary/aromatic N) is 4. The molecule has 3 heterocycles. The van der Waals surface area contributed by atoms with Crippen LogP contribution in [0.5, 0.6) is 11.5 Å². The van der Waals surface area contributed by atoms with E-state index < -0.39 is 30.1 Å². The first-order valence-corrected chi connectivity index (χ1v) is 12.3. The predicted octanol–water partition coefficient (Wildman–Crippen LogP) is 1.20. The standard InChI is InChI=1S/C27H34N4O6/c1-16-7-25(29-10-19(16)9-28)30-11-20(12-30)37-24-8-18(5-6-23(24)36-4)21-13-31(26(35)22(34)14-32)15-27(21,3)17(2)33/h5-8,10,17,20-22,32-34H,11-15H2,1-4H3/t17-,21+,22?,27+/m1/s1. The maximum absolute atomic E-state index is 12.6. The van der Waals surface area contributed by atoms with Gasteiger partial charge >= 0.3 is 0 Å². The van der Waals surface area contributed by atoms with Crippen molar-refractivity contribution >= 4 is 11.7 Å². The smallest absolute Gasteiger partial charge is 0.253 e. The molecule has 1 aromatic carbocycles. The molecular weight excluding hydrogens is 476 g/mol. The average Bonchev–Trinajstić information content (AvgIpc) is 3.23. The first-order chi connectivity index (χ1) is 17.6. The summed E-state index contributed by atoms with van der Waals surface area (Å²) in [7, 11) is 1.57. The topological polar surface area (TPSA) is 139 Å². The van der Waals surface area contributed by atoms with Gasteiger partial charge in [0.1, 0.15) is 18.0 Å². The van der Waals surface area contributed by atoms with E-state index in [1.807, 2.05) is 38.1 Å². The second kappa shape index (κ2) is 10.5. The van der Waals surface area contributed by atoms with Crippen molar-refractivity contribution < 1.29 is 29.6 Å². The fraction of sp³-hybridized carbons (Fsp3) is 0.519. The van der Waals surface area contributed by atoms with Crippen LogP contribution in [0.4, 0.5) is 5.82 Å². The number of methoxy groups -OCH3 is 1. The maximum Gasteiger partial charge on any atom is 0.253 e. The second-order valence-electron chi connectivity index (χ2n) is 10.2. The van der Waals surface area contributed by atoms with Crippen molar-refractivity contribution in [3.8, 4) is 17.6 Å². The number of pyridine rings is 1. The minimum absolute atomic E-state index is 0.0913. The molecule has 1 unspecified atom stereocenters. The number of ether oxygens (including phenoxy) is 2. The van der Waals surface area contributed by atoms with Crippen LogP contribution in [0.3, 0.4) is 0 Å². The lowest BCUT2D eigenvalue weighted by atomic mass is 9.72. The van der Waals surface area contributed by atoms with Crippen LogP contribution < -0.4 is 14.4 Å². The Labute approximate surface area is 216 Å². The SMILES string of the molecule is COc1ccc([C@@H]2CN(C(=O)C(O)CO)C[C@@]2(C)[C@@H](C)O)cc1OC1CN(c2cc(C)c(C#N)cn2)C1. The summed E-state index contributed by atoms with van der Waals surface area (Å²) in [6.45, 7) is 6.66. The van der Waals surface area contributed by atoms with Crippen molar-refractivity contribution in [1.82, 2.24) is 9.88 Å². The van der Waals surface area contributed by atoms with Crippen LogP contribution in [-0.2, 0) is 4.79 Å². The third-order valence-corrected chi connectivity index (χ3v) is 7.73. The van der Waals surface area contributed by atoms with Gasteiger partial charge in [0.05, 0.1) is 38.5 Å². The number of hydrogen-bond donors (Lipinski definition) is 3. The van der Waals surface area contributed by atoms with Crippen LogP contribution in [0.1, 0.15) is 36.5 Å². The molecule has 3 N–H and O–H groups in total. The first-order valence-electron chi connectivity index (χ1n) is 12.3. The minimum atomic E-state index is -1.48. The lowest BCUT2D eigenvalue weighted by Crippen LogP contribution is -2.54. The van der Waals surface area contributed by atoms with Crippen molar-refractivity contribution in [3.63, 3.8) is 0 Å². The predicted molar refractivity (Wildman–Crippen MR) is 136 cm³/mol. The van der Waals surface area contributed by atoms with Crippen LogP contribution in [0, 0.1) is 23.7 Å². The van der Waals surface area contributed by atoms with Crippen LogP contribution in [0.15, 0.2) is 30.5 Å². The molecule has 2 aliphatic rings. The van der Waals surface area contributed by atoms with E-state index in [1.54, 1.807) is 20.2 Å². The summed E-state index contributed by atoms with van der Waals surface area (Å²) in [5, 5.41) is 38.9. The van der Waals surface area contributed by atoms with Crippen molar-refractivity contribution in [2.24, 2.45) is 5.41 Å². The van der Waals surface area contributed by atoms with Crippen molar-refractivity contribution in [2.45, 2.75) is 45.0 Å². The number of carbonyl (C=O) groups excluding carboxylic acids is 1. The molecule has 2 aliphatic heterocycles. The van der Waals surface area contributed by atoms with Crippen molar-refractivity contribution in [3.05, 3.63) is 47.2 Å². The van der Waals surface area contributed by atoms with Gasteiger partial charge in [0.25, 0.3) is 5.91 Å². The molecule has 4 atom stereocenters. The molecule has 0 bridgehead atoms. The van der Waals surface area contributed by atoms with Gasteiger partial charge in [0, 0.05) is 30.6 Å². The quantitative estimate of drug-likeness (QED) is 0.478. The highest BCUT2D eigenvalue weighted by Gasteiger charge is 2.49. The molecule has 1 amide bonds. The first kappa shape index (κ1) is 26.7. The van der Waals surface area contributed by atoms with E-state index in [9.17, 15) is 20.1 Å². The van der Waals surface area contributed by atoms with Crippen molar-refractivity contribution in [2.75, 3.05) is 44.8 Å². The third kappa shape index (κ3) is 5.07. The number of rotatable bonds is 8. The van der Waals surface area contributed by atoms with Crippen LogP contribution >= 0.6 is 0 Å². The number of hydrogen-bond acceptors (Lipinski definition) is 9. The van der Waals surface area contributed by atoms with E-state index in [2.05, 4.69) is 16.0 Å². The summed E-state index contributed by atoms with van der Waals surface area (Å²) >= 11 is 0. The molecular formula is C27H34N4O6. The molecule has 2 saturated heterocycles. The summed E-state index contributed by atoms with van der Waals surface area (Å²) in [5.41, 5.74) is 1.65. The number of aromatic nitrogens is 1. The number of aliphatic hydroxyl groups is 3. The van der Waals surface area contributed by atoms with Gasteiger partial charge in [0.2, 0.25) is 0 Å². The lowest BCUT2D eigenvalue weighted by Gasteiger charge is -2.40. The normalized spacial score (nSPS) is 23.2. The molecule has 10 heteroatoms. The van der Waals surface area contributed by atoms with Gasteiger partial charge in [-0.3, -0.25) is 4.79 Å². The Hall–Kier alpha value is -3.39. The number of carbonyl (C=O) groups is 1. The number of anilines is 1. The molecule has 0 spiro atoms. The number of nitriles is 1. The Bertz CT molecular complexity index is 1190. The van der Waals surface area contributed by atoms with Crippen LogP contribution in [-0.4, -0.2) is 89.3 Å². The third-order valence-electron chi connectivity index (χ3n) is 7.73. The zero-order valence-corrected chi connectivity index (χ0v) is 21.6. The highest BCUT2D eigenvalue weighted by Crippen LogP contribution is 2.47. The molecule has 1 aromatic heterocycles. The Kier molecular flexibility index (Phi) is 7.59. The molecule has 0 radical (unpaired) electrons. The van der Waals surface area contributed by atoms with E-state index in [4.69, 9.17) is 14.7 Å². The fourth-order valence-corrected chi connectivity index (χ4v) is 5.09. The van der Waals surface area contributed by atoms with Gasteiger partial charge in [-0.2, -0.15) is 5.26 Å². The zero-order chi connectivity index (χ0) is 26.9. The molecule has 0 aliphatic carbocycles.